The molecule has 2 rings (SSSR count). The van der Waals surface area contributed by atoms with Crippen molar-refractivity contribution in [2.45, 2.75) is 51.5 Å². The number of hydrogen-bond acceptors (Lipinski definition) is 2. The van der Waals surface area contributed by atoms with E-state index in [2.05, 4.69) is 5.32 Å². The van der Waals surface area contributed by atoms with Gasteiger partial charge in [-0.15, -0.1) is 0 Å². The highest BCUT2D eigenvalue weighted by Crippen LogP contribution is 2.27. The third kappa shape index (κ3) is 4.35. The molecule has 1 fully saturated rings. The number of carbonyl (C=O) groups is 1. The molecule has 0 radical (unpaired) electrons. The molecular weight excluding hydrogens is 236 g/mol. The van der Waals surface area contributed by atoms with Gasteiger partial charge in [-0.1, -0.05) is 49.8 Å². The number of hydrogen-bond donors (Lipinski definition) is 2. The molecule has 1 aromatic carbocycles. The maximum Gasteiger partial charge on any atom is 0.241 e. The van der Waals surface area contributed by atoms with E-state index in [9.17, 15) is 4.79 Å². The van der Waals surface area contributed by atoms with E-state index in [1.54, 1.807) is 0 Å². The Morgan fingerprint density at radius 1 is 1.26 bits per heavy atom. The van der Waals surface area contributed by atoms with Crippen molar-refractivity contribution >= 4 is 11.6 Å². The molecule has 0 bridgehead atoms. The molecule has 1 unspecified atom stereocenters. The van der Waals surface area contributed by atoms with Crippen LogP contribution in [-0.4, -0.2) is 11.9 Å². The van der Waals surface area contributed by atoms with Gasteiger partial charge >= 0.3 is 0 Å². The number of benzene rings is 1. The molecule has 0 heterocycles. The van der Waals surface area contributed by atoms with Crippen LogP contribution in [0.25, 0.3) is 0 Å². The van der Waals surface area contributed by atoms with Crippen molar-refractivity contribution < 1.29 is 4.79 Å². The van der Waals surface area contributed by atoms with E-state index in [1.807, 2.05) is 31.2 Å². The first-order valence-electron chi connectivity index (χ1n) is 7.28. The first-order valence-corrected chi connectivity index (χ1v) is 7.28. The van der Waals surface area contributed by atoms with Crippen molar-refractivity contribution in [3.8, 4) is 0 Å². The molecule has 1 aliphatic rings. The van der Waals surface area contributed by atoms with Gasteiger partial charge in [-0.05, 0) is 31.4 Å². The van der Waals surface area contributed by atoms with Gasteiger partial charge in [-0.2, -0.15) is 0 Å². The molecular formula is C16H24N2O. The molecule has 1 saturated carbocycles. The fourth-order valence-electron chi connectivity index (χ4n) is 2.76. The molecule has 1 atom stereocenters. The van der Waals surface area contributed by atoms with Gasteiger partial charge in [0.15, 0.2) is 0 Å². The summed E-state index contributed by atoms with van der Waals surface area (Å²) >= 11 is 0. The van der Waals surface area contributed by atoms with E-state index in [1.165, 1.54) is 37.7 Å². The maximum absolute atomic E-state index is 12.0. The highest BCUT2D eigenvalue weighted by atomic mass is 16.2. The van der Waals surface area contributed by atoms with Crippen molar-refractivity contribution in [3.05, 3.63) is 29.8 Å². The van der Waals surface area contributed by atoms with Crippen molar-refractivity contribution in [3.63, 3.8) is 0 Å². The summed E-state index contributed by atoms with van der Waals surface area (Å²) in [6.45, 7) is 2.03. The number of amides is 1. The minimum absolute atomic E-state index is 0.0607. The smallest absolute Gasteiger partial charge is 0.241 e. The molecule has 19 heavy (non-hydrogen) atoms. The number of aryl methyl sites for hydroxylation is 1. The molecule has 3 nitrogen and oxygen atoms in total. The summed E-state index contributed by atoms with van der Waals surface area (Å²) in [5, 5.41) is 2.89. The predicted molar refractivity (Wildman–Crippen MR) is 79.0 cm³/mol. The van der Waals surface area contributed by atoms with Crippen LogP contribution in [0.2, 0.25) is 0 Å². The number of nitrogens with two attached hydrogens (primary N) is 1. The Bertz CT molecular complexity index is 407. The van der Waals surface area contributed by atoms with Gasteiger partial charge in [0.25, 0.3) is 0 Å². The summed E-state index contributed by atoms with van der Waals surface area (Å²) in [6, 6.07) is 7.43. The second-order valence-corrected chi connectivity index (χ2v) is 5.70. The lowest BCUT2D eigenvalue weighted by molar-refractivity contribution is -0.117. The second kappa shape index (κ2) is 6.71. The minimum atomic E-state index is -0.385. The fourth-order valence-corrected chi connectivity index (χ4v) is 2.76. The van der Waals surface area contributed by atoms with Crippen LogP contribution < -0.4 is 11.1 Å². The summed E-state index contributed by atoms with van der Waals surface area (Å²) in [5.41, 5.74) is 8.03. The van der Waals surface area contributed by atoms with Crippen LogP contribution in [0.4, 0.5) is 5.69 Å². The minimum Gasteiger partial charge on any atom is -0.325 e. The molecule has 0 saturated heterocycles. The number of nitrogens with one attached hydrogen (secondary N) is 1. The lowest BCUT2D eigenvalue weighted by Gasteiger charge is -2.24. The van der Waals surface area contributed by atoms with Gasteiger partial charge in [0.05, 0.1) is 6.04 Å². The molecule has 3 heteroatoms. The van der Waals surface area contributed by atoms with E-state index >= 15 is 0 Å². The number of anilines is 1. The quantitative estimate of drug-likeness (QED) is 0.873. The zero-order valence-corrected chi connectivity index (χ0v) is 11.7. The van der Waals surface area contributed by atoms with Crippen molar-refractivity contribution in [1.29, 1.82) is 0 Å². The van der Waals surface area contributed by atoms with E-state index in [4.69, 9.17) is 5.73 Å². The third-order valence-corrected chi connectivity index (χ3v) is 3.97. The zero-order valence-electron chi connectivity index (χ0n) is 11.7. The van der Waals surface area contributed by atoms with Gasteiger partial charge in [-0.3, -0.25) is 4.79 Å². The average Bonchev–Trinajstić information content (AvgIpc) is 2.42. The van der Waals surface area contributed by atoms with Gasteiger partial charge in [0.2, 0.25) is 5.91 Å². The standard InChI is InChI=1S/C16H24N2O/c1-12-7-9-14(10-8-12)18-16(19)15(17)11-13-5-3-2-4-6-13/h7-10,13,15H,2-6,11,17H2,1H3,(H,18,19). The first-order chi connectivity index (χ1) is 9.15. The summed E-state index contributed by atoms with van der Waals surface area (Å²) in [4.78, 5) is 12.0. The van der Waals surface area contributed by atoms with Crippen LogP contribution in [0, 0.1) is 12.8 Å². The van der Waals surface area contributed by atoms with Crippen LogP contribution in [0.5, 0.6) is 0 Å². The van der Waals surface area contributed by atoms with Gasteiger partial charge in [0.1, 0.15) is 0 Å². The number of carbonyl (C=O) groups excluding carboxylic acids is 1. The largest absolute Gasteiger partial charge is 0.325 e. The van der Waals surface area contributed by atoms with Crippen LogP contribution in [0.3, 0.4) is 0 Å². The van der Waals surface area contributed by atoms with Crippen LogP contribution >= 0.6 is 0 Å². The summed E-state index contributed by atoms with van der Waals surface area (Å²) in [7, 11) is 0. The lowest BCUT2D eigenvalue weighted by Crippen LogP contribution is -2.37. The average molecular weight is 260 g/mol. The molecule has 1 aliphatic carbocycles. The van der Waals surface area contributed by atoms with E-state index in [0.717, 1.165) is 12.1 Å². The molecule has 3 N–H and O–H groups in total. The van der Waals surface area contributed by atoms with Crippen molar-refractivity contribution in [2.75, 3.05) is 5.32 Å². The van der Waals surface area contributed by atoms with Crippen molar-refractivity contribution in [1.82, 2.24) is 0 Å². The molecule has 104 valence electrons. The fraction of sp³-hybridized carbons (Fsp3) is 0.562. The Kier molecular flexibility index (Phi) is 4.97. The first kappa shape index (κ1) is 14.1. The normalized spacial score (nSPS) is 18.0. The Morgan fingerprint density at radius 3 is 2.53 bits per heavy atom. The molecule has 1 aromatic rings. The SMILES string of the molecule is Cc1ccc(NC(=O)C(N)CC2CCCCC2)cc1. The highest BCUT2D eigenvalue weighted by molar-refractivity contribution is 5.94. The Hall–Kier alpha value is -1.35. The zero-order chi connectivity index (χ0) is 13.7. The second-order valence-electron chi connectivity index (χ2n) is 5.70. The van der Waals surface area contributed by atoms with Crippen LogP contribution in [0.15, 0.2) is 24.3 Å². The predicted octanol–water partition coefficient (Wildman–Crippen LogP) is 3.23. The van der Waals surface area contributed by atoms with E-state index < -0.39 is 0 Å². The molecule has 0 aliphatic heterocycles. The monoisotopic (exact) mass is 260 g/mol. The Labute approximate surface area is 115 Å². The van der Waals surface area contributed by atoms with Gasteiger partial charge < -0.3 is 11.1 Å². The summed E-state index contributed by atoms with van der Waals surface area (Å²) < 4.78 is 0. The third-order valence-electron chi connectivity index (χ3n) is 3.97. The Balaban J connectivity index is 1.83. The van der Waals surface area contributed by atoms with Crippen LogP contribution in [-0.2, 0) is 4.79 Å². The topological polar surface area (TPSA) is 55.1 Å². The molecule has 0 spiro atoms. The van der Waals surface area contributed by atoms with Gasteiger partial charge in [-0.25, -0.2) is 0 Å². The van der Waals surface area contributed by atoms with Gasteiger partial charge in [0, 0.05) is 5.69 Å². The van der Waals surface area contributed by atoms with Crippen molar-refractivity contribution in [2.24, 2.45) is 11.7 Å². The van der Waals surface area contributed by atoms with E-state index in [-0.39, 0.29) is 11.9 Å². The maximum atomic E-state index is 12.0. The molecule has 0 aromatic heterocycles. The summed E-state index contributed by atoms with van der Waals surface area (Å²) in [5.74, 6) is 0.571. The Morgan fingerprint density at radius 2 is 1.89 bits per heavy atom. The lowest BCUT2D eigenvalue weighted by atomic mass is 9.85. The van der Waals surface area contributed by atoms with E-state index in [0.29, 0.717) is 5.92 Å². The highest BCUT2D eigenvalue weighted by Gasteiger charge is 2.21. The number of rotatable bonds is 4. The van der Waals surface area contributed by atoms with Crippen LogP contribution in [0.1, 0.15) is 44.1 Å². The summed E-state index contributed by atoms with van der Waals surface area (Å²) in [6.07, 6.45) is 7.18. The molecule has 1 amide bonds.